The van der Waals surface area contributed by atoms with Crippen LogP contribution < -0.4 is 4.90 Å². The van der Waals surface area contributed by atoms with Gasteiger partial charge in [0.2, 0.25) is 0 Å². The Kier molecular flexibility index (Phi) is 5.64. The average molecular weight is 303 g/mol. The fourth-order valence-electron chi connectivity index (χ4n) is 2.31. The molecule has 116 valence electrons. The van der Waals surface area contributed by atoms with Gasteiger partial charge < -0.3 is 4.90 Å². The predicted octanol–water partition coefficient (Wildman–Crippen LogP) is 4.80. The maximum Gasteiger partial charge on any atom is 0.264 e. The Morgan fingerprint density at radius 1 is 0.955 bits per heavy atom. The molecule has 0 saturated carbocycles. The molecule has 0 saturated heterocycles. The van der Waals surface area contributed by atoms with Crippen molar-refractivity contribution >= 4 is 11.6 Å². The molecule has 0 N–H and O–H groups in total. The number of anilines is 1. The Balaban J connectivity index is 2.34. The highest BCUT2D eigenvalue weighted by atomic mass is 19.1. The van der Waals surface area contributed by atoms with Crippen molar-refractivity contribution in [2.45, 2.75) is 26.2 Å². The molecule has 0 bridgehead atoms. The normalized spacial score (nSPS) is 10.5. The van der Waals surface area contributed by atoms with Gasteiger partial charge in [0, 0.05) is 12.2 Å². The van der Waals surface area contributed by atoms with Crippen LogP contribution in [0.4, 0.5) is 14.5 Å². The number of benzene rings is 2. The number of unbranched alkanes of at least 4 members (excludes halogenated alkanes) is 2. The summed E-state index contributed by atoms with van der Waals surface area (Å²) in [6.07, 6.45) is 2.74. The SMILES string of the molecule is CCCCCN(C(=O)c1c(F)cccc1F)c1ccccc1. The van der Waals surface area contributed by atoms with Crippen LogP contribution in [0.15, 0.2) is 48.5 Å². The Labute approximate surface area is 129 Å². The van der Waals surface area contributed by atoms with Crippen LogP contribution >= 0.6 is 0 Å². The molecular formula is C18H19F2NO. The summed E-state index contributed by atoms with van der Waals surface area (Å²) in [5, 5.41) is 0. The summed E-state index contributed by atoms with van der Waals surface area (Å²) in [5.41, 5.74) is 0.147. The smallest absolute Gasteiger partial charge is 0.264 e. The van der Waals surface area contributed by atoms with Crippen LogP contribution in [-0.2, 0) is 0 Å². The molecule has 0 atom stereocenters. The van der Waals surface area contributed by atoms with Crippen LogP contribution in [0.25, 0.3) is 0 Å². The van der Waals surface area contributed by atoms with Crippen LogP contribution in [0.1, 0.15) is 36.5 Å². The second-order valence-corrected chi connectivity index (χ2v) is 5.10. The lowest BCUT2D eigenvalue weighted by molar-refractivity contribution is 0.0978. The van der Waals surface area contributed by atoms with Crippen molar-refractivity contribution < 1.29 is 13.6 Å². The lowest BCUT2D eigenvalue weighted by Gasteiger charge is -2.23. The maximum atomic E-state index is 13.9. The zero-order valence-corrected chi connectivity index (χ0v) is 12.6. The van der Waals surface area contributed by atoms with E-state index in [4.69, 9.17) is 0 Å². The Morgan fingerprint density at radius 3 is 2.18 bits per heavy atom. The van der Waals surface area contributed by atoms with Gasteiger partial charge in [-0.1, -0.05) is 44.0 Å². The standard InChI is InChI=1S/C18H19F2NO/c1-2-3-7-13-21(14-9-5-4-6-10-14)18(22)17-15(19)11-8-12-16(17)20/h4-6,8-12H,2-3,7,13H2,1H3. The average Bonchev–Trinajstić information content (AvgIpc) is 2.52. The van der Waals surface area contributed by atoms with E-state index in [0.717, 1.165) is 31.4 Å². The number of amides is 1. The fraction of sp³-hybridized carbons (Fsp3) is 0.278. The molecule has 0 radical (unpaired) electrons. The summed E-state index contributed by atoms with van der Waals surface area (Å²) >= 11 is 0. The van der Waals surface area contributed by atoms with Crippen molar-refractivity contribution in [1.29, 1.82) is 0 Å². The number of hydrogen-bond acceptors (Lipinski definition) is 1. The summed E-state index contributed by atoms with van der Waals surface area (Å²) in [6.45, 7) is 2.50. The lowest BCUT2D eigenvalue weighted by atomic mass is 10.1. The molecule has 0 spiro atoms. The minimum absolute atomic E-state index is 0.435. The molecular weight excluding hydrogens is 284 g/mol. The highest BCUT2D eigenvalue weighted by Gasteiger charge is 2.23. The maximum absolute atomic E-state index is 13.9. The molecule has 0 heterocycles. The van der Waals surface area contributed by atoms with E-state index < -0.39 is 23.1 Å². The molecule has 0 aliphatic rings. The second kappa shape index (κ2) is 7.69. The number of carbonyl (C=O) groups is 1. The van der Waals surface area contributed by atoms with E-state index >= 15 is 0 Å². The summed E-state index contributed by atoms with van der Waals surface area (Å²) in [6, 6.07) is 12.4. The van der Waals surface area contributed by atoms with Gasteiger partial charge in [0.15, 0.2) is 0 Å². The van der Waals surface area contributed by atoms with Gasteiger partial charge >= 0.3 is 0 Å². The van der Waals surface area contributed by atoms with Gasteiger partial charge in [0.1, 0.15) is 17.2 Å². The van der Waals surface area contributed by atoms with Crippen LogP contribution in [0.5, 0.6) is 0 Å². The molecule has 0 unspecified atom stereocenters. The van der Waals surface area contributed by atoms with Crippen molar-refractivity contribution in [1.82, 2.24) is 0 Å². The van der Waals surface area contributed by atoms with Gasteiger partial charge in [0.05, 0.1) is 0 Å². The molecule has 2 rings (SSSR count). The van der Waals surface area contributed by atoms with E-state index in [9.17, 15) is 13.6 Å². The molecule has 1 amide bonds. The monoisotopic (exact) mass is 303 g/mol. The Bertz CT molecular complexity index is 608. The number of hydrogen-bond donors (Lipinski definition) is 0. The summed E-state index contributed by atoms with van der Waals surface area (Å²) in [5.74, 6) is -2.30. The first-order valence-corrected chi connectivity index (χ1v) is 7.46. The molecule has 2 nitrogen and oxygen atoms in total. The number of para-hydroxylation sites is 1. The van der Waals surface area contributed by atoms with Gasteiger partial charge in [-0.25, -0.2) is 8.78 Å². The molecule has 2 aromatic rings. The van der Waals surface area contributed by atoms with Crippen molar-refractivity contribution in [3.8, 4) is 0 Å². The van der Waals surface area contributed by atoms with Gasteiger partial charge in [-0.3, -0.25) is 4.79 Å². The van der Waals surface area contributed by atoms with Crippen molar-refractivity contribution in [2.24, 2.45) is 0 Å². The first-order chi connectivity index (χ1) is 10.6. The third-order valence-electron chi connectivity index (χ3n) is 3.47. The first kappa shape index (κ1) is 16.1. The second-order valence-electron chi connectivity index (χ2n) is 5.10. The lowest BCUT2D eigenvalue weighted by Crippen LogP contribution is -2.33. The van der Waals surface area contributed by atoms with E-state index in [0.29, 0.717) is 12.2 Å². The van der Waals surface area contributed by atoms with E-state index in [1.54, 1.807) is 24.3 Å². The van der Waals surface area contributed by atoms with Crippen LogP contribution in [0, 0.1) is 11.6 Å². The highest BCUT2D eigenvalue weighted by Crippen LogP contribution is 2.21. The van der Waals surface area contributed by atoms with Gasteiger partial charge in [-0.05, 0) is 30.7 Å². The van der Waals surface area contributed by atoms with Crippen LogP contribution in [-0.4, -0.2) is 12.5 Å². The third-order valence-corrected chi connectivity index (χ3v) is 3.47. The quantitative estimate of drug-likeness (QED) is 0.702. The summed E-state index contributed by atoms with van der Waals surface area (Å²) in [4.78, 5) is 14.1. The first-order valence-electron chi connectivity index (χ1n) is 7.46. The van der Waals surface area contributed by atoms with E-state index in [2.05, 4.69) is 6.92 Å². The van der Waals surface area contributed by atoms with Crippen LogP contribution in [0.3, 0.4) is 0 Å². The molecule has 0 aromatic heterocycles. The predicted molar refractivity (Wildman–Crippen MR) is 84.0 cm³/mol. The summed E-state index contributed by atoms with van der Waals surface area (Å²) in [7, 11) is 0. The minimum Gasteiger partial charge on any atom is -0.308 e. The largest absolute Gasteiger partial charge is 0.308 e. The number of halogens is 2. The van der Waals surface area contributed by atoms with Crippen molar-refractivity contribution in [2.75, 3.05) is 11.4 Å². The van der Waals surface area contributed by atoms with E-state index in [1.165, 1.54) is 11.0 Å². The van der Waals surface area contributed by atoms with Gasteiger partial charge in [0.25, 0.3) is 5.91 Å². The number of carbonyl (C=O) groups excluding carboxylic acids is 1. The van der Waals surface area contributed by atoms with Crippen molar-refractivity contribution in [3.63, 3.8) is 0 Å². The molecule has 22 heavy (non-hydrogen) atoms. The minimum atomic E-state index is -0.832. The highest BCUT2D eigenvalue weighted by molar-refractivity contribution is 6.06. The number of nitrogens with zero attached hydrogens (tertiary/aromatic N) is 1. The molecule has 0 fully saturated rings. The molecule has 2 aromatic carbocycles. The zero-order valence-electron chi connectivity index (χ0n) is 12.6. The Hall–Kier alpha value is -2.23. The molecule has 4 heteroatoms. The van der Waals surface area contributed by atoms with Gasteiger partial charge in [-0.15, -0.1) is 0 Å². The summed E-state index contributed by atoms with van der Waals surface area (Å²) < 4.78 is 27.8. The van der Waals surface area contributed by atoms with E-state index in [-0.39, 0.29) is 0 Å². The fourth-order valence-corrected chi connectivity index (χ4v) is 2.31. The zero-order chi connectivity index (χ0) is 15.9. The van der Waals surface area contributed by atoms with E-state index in [1.807, 2.05) is 6.07 Å². The molecule has 0 aliphatic heterocycles. The third kappa shape index (κ3) is 3.70. The molecule has 0 aliphatic carbocycles. The van der Waals surface area contributed by atoms with Crippen LogP contribution in [0.2, 0.25) is 0 Å². The Morgan fingerprint density at radius 2 is 1.59 bits per heavy atom. The topological polar surface area (TPSA) is 20.3 Å². The van der Waals surface area contributed by atoms with Crippen molar-refractivity contribution in [3.05, 3.63) is 65.7 Å². The number of rotatable bonds is 6. The van der Waals surface area contributed by atoms with Gasteiger partial charge in [-0.2, -0.15) is 0 Å².